The van der Waals surface area contributed by atoms with Crippen molar-refractivity contribution in [1.29, 1.82) is 0 Å². The number of aromatic nitrogens is 1. The number of aliphatic hydroxyl groups is 1. The van der Waals surface area contributed by atoms with E-state index in [9.17, 15) is 19.8 Å². The van der Waals surface area contributed by atoms with Crippen molar-refractivity contribution >= 4 is 45.2 Å². The van der Waals surface area contributed by atoms with Crippen LogP contribution in [0, 0.1) is 22.2 Å². The molecule has 1 amide bonds. The molecule has 6 bridgehead atoms. The van der Waals surface area contributed by atoms with Crippen molar-refractivity contribution in [2.75, 3.05) is 24.6 Å². The fourth-order valence-electron chi connectivity index (χ4n) is 15.0. The first-order valence-corrected chi connectivity index (χ1v) is 29.1. The molecule has 5 aliphatic carbocycles. The molecule has 5 fully saturated rings. The Kier molecular flexibility index (Phi) is 14.3. The highest BCUT2D eigenvalue weighted by Crippen LogP contribution is 2.64. The summed E-state index contributed by atoms with van der Waals surface area (Å²) in [5, 5.41) is 27.9. The number of nitrogens with one attached hydrogen (secondary N) is 1. The monoisotopic (exact) mass is 983 g/mol. The third-order valence-corrected chi connectivity index (χ3v) is 21.9. The molecule has 0 radical (unpaired) electrons. The van der Waals surface area contributed by atoms with Crippen LogP contribution in [0.3, 0.4) is 0 Å². The third kappa shape index (κ3) is 10.1. The minimum absolute atomic E-state index is 0.0305. The molecule has 7 atom stereocenters. The highest BCUT2D eigenvalue weighted by atomic mass is 33.1. The van der Waals surface area contributed by atoms with Gasteiger partial charge in [-0.1, -0.05) is 66.2 Å². The van der Waals surface area contributed by atoms with Crippen molar-refractivity contribution in [3.8, 4) is 11.5 Å². The number of carbonyl (C=O) groups is 2. The molecule has 1 aromatic carbocycles. The summed E-state index contributed by atoms with van der Waals surface area (Å²) < 4.78 is 13.1. The summed E-state index contributed by atoms with van der Waals surface area (Å²) >= 11 is 0. The molecular weight excluding hydrogens is 905 g/mol. The summed E-state index contributed by atoms with van der Waals surface area (Å²) in [5.74, 6) is 2.84. The van der Waals surface area contributed by atoms with Crippen LogP contribution in [-0.2, 0) is 33.7 Å². The number of nitrogens with two attached hydrogens (primary N) is 2. The molecule has 11 rings (SSSR count). The molecule has 2 aromatic rings. The molecule has 14 heteroatoms. The molecule has 4 spiro atoms. The van der Waals surface area contributed by atoms with Gasteiger partial charge in [0.15, 0.2) is 17.5 Å². The number of fused-ring (bicyclic) bond motifs is 5. The van der Waals surface area contributed by atoms with Crippen LogP contribution in [0.25, 0.3) is 0 Å². The van der Waals surface area contributed by atoms with Gasteiger partial charge in [-0.2, -0.15) is 0 Å². The van der Waals surface area contributed by atoms with Crippen molar-refractivity contribution in [3.05, 3.63) is 58.8 Å². The Morgan fingerprint density at radius 1 is 0.942 bits per heavy atom. The Hall–Kier alpha value is -3.62. The first-order valence-electron chi connectivity index (χ1n) is 26.8. The molecule has 1 saturated heterocycles. The number of aromatic hydroxyl groups is 1. The van der Waals surface area contributed by atoms with E-state index in [2.05, 4.69) is 39.3 Å². The number of anilines is 1. The van der Waals surface area contributed by atoms with Crippen molar-refractivity contribution in [1.82, 2.24) is 15.2 Å². The smallest absolute Gasteiger partial charge is 0.302 e. The van der Waals surface area contributed by atoms with Crippen LogP contribution in [0.4, 0.5) is 5.82 Å². The molecule has 12 nitrogen and oxygen atoms in total. The predicted octanol–water partition coefficient (Wildman–Crippen LogP) is 10.2. The molecule has 5 heterocycles. The van der Waals surface area contributed by atoms with Crippen molar-refractivity contribution in [2.24, 2.45) is 32.9 Å². The molecule has 376 valence electrons. The fourth-order valence-corrected chi connectivity index (χ4v) is 19.2. The second kappa shape index (κ2) is 20.1. The SMILES string of the molecule is CC(=O)O[C@@H]1CCc2cc(c(O)c3c2[C@H]2C=C[C@@]4(CCC[C@H]4C2)O3)CN2C[C@@](Cc3ccnc(N)c3)(CCN=C(N)N[C@]3(CCCC34CCCC4)SSCC3(CCCC[C@H](O)C1)CCCC3)CC2=O. The number of amides is 1. The van der Waals surface area contributed by atoms with Crippen molar-refractivity contribution in [3.63, 3.8) is 0 Å². The number of aryl methyl sites for hydroxylation is 1. The number of carbonyl (C=O) groups excluding carboxylic acids is 2. The standard InChI is InChI=1S/C55H78N6O6S2/c1-37(62)66-44-13-12-39-29-41(48(65)49-47(39)40-14-24-54(67-49)22-8-10-42(54)30-40)34-61-35-52(33-46(61)64,32-38-15-26-58-45(56)28-38)25-27-59-50(57)60-55(23-9-21-53(55)19-6-7-20-53)69-68-36-51(17-4-5-18-51)16-3-2-11-43(63)31-44/h14-15,24,26,28-29,40,42-44,63,65H,2-13,16-23,25,27,30-36H2,1H3,(H2,56,58)(H3,57,59,60)/t40-,42-,43-,44+,52+,54+,55+/m0/s1. The summed E-state index contributed by atoms with van der Waals surface area (Å²) in [7, 11) is 4.10. The van der Waals surface area contributed by atoms with Crippen LogP contribution < -0.4 is 21.5 Å². The van der Waals surface area contributed by atoms with Crippen LogP contribution in [0.5, 0.6) is 11.5 Å². The Balaban J connectivity index is 0.989. The maximum atomic E-state index is 14.5. The number of esters is 1. The zero-order chi connectivity index (χ0) is 47.9. The maximum absolute atomic E-state index is 14.5. The van der Waals surface area contributed by atoms with Gasteiger partial charge in [0.05, 0.1) is 6.10 Å². The average molecular weight is 983 g/mol. The number of hydrogen-bond donors (Lipinski definition) is 5. The van der Waals surface area contributed by atoms with Crippen LogP contribution in [-0.4, -0.2) is 79.5 Å². The van der Waals surface area contributed by atoms with E-state index < -0.39 is 23.2 Å². The zero-order valence-electron chi connectivity index (χ0n) is 41.1. The van der Waals surface area contributed by atoms with Crippen LogP contribution in [0.15, 0.2) is 41.5 Å². The summed E-state index contributed by atoms with van der Waals surface area (Å²) in [4.78, 5) is 38.2. The number of rotatable bonds is 3. The minimum atomic E-state index is -0.585. The predicted molar refractivity (Wildman–Crippen MR) is 276 cm³/mol. The van der Waals surface area contributed by atoms with Crippen molar-refractivity contribution in [2.45, 2.75) is 203 Å². The number of hydrogen-bond acceptors (Lipinski definition) is 13. The summed E-state index contributed by atoms with van der Waals surface area (Å²) in [6.45, 7) is 2.63. The number of guanidine groups is 1. The van der Waals surface area contributed by atoms with E-state index in [0.717, 1.165) is 73.8 Å². The topological polar surface area (TPSA) is 186 Å². The minimum Gasteiger partial charge on any atom is -0.504 e. The largest absolute Gasteiger partial charge is 0.504 e. The van der Waals surface area contributed by atoms with Gasteiger partial charge in [0.25, 0.3) is 0 Å². The lowest BCUT2D eigenvalue weighted by Crippen LogP contribution is -2.55. The lowest BCUT2D eigenvalue weighted by molar-refractivity contribution is -0.148. The molecule has 4 aliphatic heterocycles. The van der Waals surface area contributed by atoms with Crippen LogP contribution >= 0.6 is 21.6 Å². The average Bonchev–Trinajstić information content (AvgIpc) is 4.15. The highest BCUT2D eigenvalue weighted by Gasteiger charge is 2.57. The zero-order valence-corrected chi connectivity index (χ0v) is 42.8. The highest BCUT2D eigenvalue weighted by molar-refractivity contribution is 8.77. The fraction of sp³-hybridized carbons (Fsp3) is 0.709. The van der Waals surface area contributed by atoms with E-state index >= 15 is 0 Å². The lowest BCUT2D eigenvalue weighted by Gasteiger charge is -2.44. The second-order valence-corrected chi connectivity index (χ2v) is 25.7. The number of allylic oxidation sites excluding steroid dienone is 1. The van der Waals surface area contributed by atoms with Gasteiger partial charge in [-0.05, 0) is 150 Å². The van der Waals surface area contributed by atoms with Gasteiger partial charge in [-0.15, -0.1) is 0 Å². The quantitative estimate of drug-likeness (QED) is 0.112. The Morgan fingerprint density at radius 3 is 2.52 bits per heavy atom. The molecule has 1 aromatic heterocycles. The Bertz CT molecular complexity index is 2280. The molecule has 0 unspecified atom stereocenters. The van der Waals surface area contributed by atoms with Gasteiger partial charge in [-0.3, -0.25) is 14.6 Å². The molecular formula is C55H78N6O6S2. The summed E-state index contributed by atoms with van der Waals surface area (Å²) in [6, 6.07) is 5.99. The molecule has 69 heavy (non-hydrogen) atoms. The number of phenols is 1. The summed E-state index contributed by atoms with van der Waals surface area (Å²) in [6.07, 6.45) is 29.7. The van der Waals surface area contributed by atoms with Gasteiger partial charge in [-0.25, -0.2) is 4.98 Å². The van der Waals surface area contributed by atoms with E-state index in [1.165, 1.54) is 71.1 Å². The summed E-state index contributed by atoms with van der Waals surface area (Å²) in [5.41, 5.74) is 16.5. The Labute approximate surface area is 418 Å². The van der Waals surface area contributed by atoms with E-state index in [4.69, 9.17) is 25.9 Å². The maximum Gasteiger partial charge on any atom is 0.302 e. The molecule has 7 N–H and O–H groups in total. The van der Waals surface area contributed by atoms with Gasteiger partial charge < -0.3 is 41.4 Å². The molecule has 4 saturated carbocycles. The van der Waals surface area contributed by atoms with Crippen LogP contribution in [0.1, 0.15) is 183 Å². The van der Waals surface area contributed by atoms with Crippen LogP contribution in [0.2, 0.25) is 0 Å². The second-order valence-electron chi connectivity index (χ2n) is 23.1. The number of phenolic OH excluding ortho intramolecular Hbond substituents is 1. The number of aliphatic imine (C=N–C) groups is 1. The molecule has 9 aliphatic rings. The number of pyridine rings is 1. The first-order chi connectivity index (χ1) is 33.3. The Morgan fingerprint density at radius 2 is 1.72 bits per heavy atom. The first kappa shape index (κ1) is 49.0. The van der Waals surface area contributed by atoms with Gasteiger partial charge in [0.2, 0.25) is 5.91 Å². The van der Waals surface area contributed by atoms with Gasteiger partial charge in [0.1, 0.15) is 22.4 Å². The van der Waals surface area contributed by atoms with E-state index in [0.29, 0.717) is 92.5 Å². The van der Waals surface area contributed by atoms with Crippen molar-refractivity contribution < 1.29 is 29.3 Å². The van der Waals surface area contributed by atoms with E-state index in [1.54, 1.807) is 6.20 Å². The van der Waals surface area contributed by atoms with E-state index in [1.807, 2.05) is 27.8 Å². The normalized spacial score (nSPS) is 33.7. The lowest BCUT2D eigenvalue weighted by atomic mass is 9.75. The number of nitrogens with zero attached hydrogens (tertiary/aromatic N) is 3. The van der Waals surface area contributed by atoms with Gasteiger partial charge >= 0.3 is 5.97 Å². The third-order valence-electron chi connectivity index (χ3n) is 18.5. The number of aliphatic hydroxyl groups excluding tert-OH is 1. The number of nitrogen functional groups attached to an aromatic ring is 1. The van der Waals surface area contributed by atoms with Gasteiger partial charge in [0, 0.05) is 85.1 Å². The van der Waals surface area contributed by atoms with E-state index in [-0.39, 0.29) is 40.4 Å². The number of benzene rings is 1. The number of ether oxygens (including phenoxy) is 2.